The standard InChI is InChI=1S/C14H15F2NO3/c1-2-7-20-8-6-13(19)17-9-12(18)14-10(15)4-3-5-11(14)16/h1,3-5,12,18H,6-9H2,(H,17,19). The van der Waals surface area contributed by atoms with Gasteiger partial charge in [-0.25, -0.2) is 8.78 Å². The van der Waals surface area contributed by atoms with Crippen LogP contribution in [0.1, 0.15) is 18.1 Å². The highest BCUT2D eigenvalue weighted by Gasteiger charge is 2.18. The fourth-order valence-corrected chi connectivity index (χ4v) is 1.53. The molecule has 0 heterocycles. The largest absolute Gasteiger partial charge is 0.386 e. The van der Waals surface area contributed by atoms with Crippen LogP contribution in [-0.2, 0) is 9.53 Å². The van der Waals surface area contributed by atoms with Crippen molar-refractivity contribution in [2.45, 2.75) is 12.5 Å². The minimum absolute atomic E-state index is 0.0498. The first kappa shape index (κ1) is 16.1. The first-order valence-electron chi connectivity index (χ1n) is 5.96. The Morgan fingerprint density at radius 3 is 2.70 bits per heavy atom. The van der Waals surface area contributed by atoms with Gasteiger partial charge in [-0.3, -0.25) is 4.79 Å². The molecular weight excluding hydrogens is 268 g/mol. The molecule has 1 rings (SSSR count). The van der Waals surface area contributed by atoms with Gasteiger partial charge in [-0.1, -0.05) is 12.0 Å². The Bertz CT molecular complexity index is 479. The van der Waals surface area contributed by atoms with E-state index in [-0.39, 0.29) is 26.2 Å². The molecule has 1 unspecified atom stereocenters. The van der Waals surface area contributed by atoms with Gasteiger partial charge in [-0.15, -0.1) is 6.42 Å². The molecule has 1 atom stereocenters. The van der Waals surface area contributed by atoms with Gasteiger partial charge in [-0.2, -0.15) is 0 Å². The van der Waals surface area contributed by atoms with Crippen LogP contribution in [0.4, 0.5) is 8.78 Å². The summed E-state index contributed by atoms with van der Waals surface area (Å²) in [5.41, 5.74) is -0.462. The predicted octanol–water partition coefficient (Wildman–Crippen LogP) is 1.15. The number of carbonyl (C=O) groups is 1. The lowest BCUT2D eigenvalue weighted by molar-refractivity contribution is -0.122. The molecule has 0 saturated heterocycles. The number of hydrogen-bond donors (Lipinski definition) is 2. The van der Waals surface area contributed by atoms with Crippen molar-refractivity contribution in [3.05, 3.63) is 35.4 Å². The highest BCUT2D eigenvalue weighted by Crippen LogP contribution is 2.19. The number of nitrogens with one attached hydrogen (secondary N) is 1. The molecule has 0 aliphatic rings. The molecule has 0 saturated carbocycles. The second-order valence-electron chi connectivity index (χ2n) is 3.96. The summed E-state index contributed by atoms with van der Waals surface area (Å²) in [6, 6.07) is 3.27. The van der Waals surface area contributed by atoms with Crippen LogP contribution in [0.15, 0.2) is 18.2 Å². The molecule has 0 aliphatic heterocycles. The van der Waals surface area contributed by atoms with Crippen LogP contribution in [-0.4, -0.2) is 30.8 Å². The first-order valence-corrected chi connectivity index (χ1v) is 5.96. The van der Waals surface area contributed by atoms with Gasteiger partial charge in [0.15, 0.2) is 0 Å². The molecule has 4 nitrogen and oxygen atoms in total. The Hall–Kier alpha value is -1.97. The molecule has 0 radical (unpaired) electrons. The molecule has 0 bridgehead atoms. The molecule has 1 aromatic rings. The quantitative estimate of drug-likeness (QED) is 0.583. The van der Waals surface area contributed by atoms with Crippen molar-refractivity contribution in [2.24, 2.45) is 0 Å². The summed E-state index contributed by atoms with van der Waals surface area (Å²) in [5, 5.41) is 12.0. The minimum atomic E-state index is -1.45. The summed E-state index contributed by atoms with van der Waals surface area (Å²) in [5.74, 6) is 0.129. The molecule has 108 valence electrons. The minimum Gasteiger partial charge on any atom is -0.386 e. The second kappa shape index (κ2) is 8.25. The van der Waals surface area contributed by atoms with E-state index in [4.69, 9.17) is 11.2 Å². The zero-order valence-corrected chi connectivity index (χ0v) is 10.7. The fraction of sp³-hybridized carbons (Fsp3) is 0.357. The molecule has 1 amide bonds. The highest BCUT2D eigenvalue weighted by atomic mass is 19.1. The number of amides is 1. The van der Waals surface area contributed by atoms with E-state index in [0.717, 1.165) is 12.1 Å². The normalized spacial score (nSPS) is 11.7. The van der Waals surface area contributed by atoms with Gasteiger partial charge in [0.05, 0.1) is 18.6 Å². The van der Waals surface area contributed by atoms with Gasteiger partial charge in [-0.05, 0) is 12.1 Å². The van der Waals surface area contributed by atoms with E-state index in [9.17, 15) is 18.7 Å². The van der Waals surface area contributed by atoms with Crippen LogP contribution in [0, 0.1) is 24.0 Å². The number of halogens is 2. The monoisotopic (exact) mass is 283 g/mol. The van der Waals surface area contributed by atoms with Gasteiger partial charge < -0.3 is 15.2 Å². The Labute approximate surface area is 115 Å². The third-order valence-corrected chi connectivity index (χ3v) is 2.48. The summed E-state index contributed by atoms with van der Waals surface area (Å²) in [4.78, 5) is 11.4. The van der Waals surface area contributed by atoms with Crippen LogP contribution in [0.3, 0.4) is 0 Å². The lowest BCUT2D eigenvalue weighted by Crippen LogP contribution is -2.29. The maximum Gasteiger partial charge on any atom is 0.222 e. The van der Waals surface area contributed by atoms with Gasteiger partial charge in [0.25, 0.3) is 0 Å². The summed E-state index contributed by atoms with van der Waals surface area (Å²) in [6.07, 6.45) is 3.55. The highest BCUT2D eigenvalue weighted by molar-refractivity contribution is 5.76. The van der Waals surface area contributed by atoms with Crippen molar-refractivity contribution in [3.63, 3.8) is 0 Å². The van der Waals surface area contributed by atoms with Crippen molar-refractivity contribution >= 4 is 5.91 Å². The maximum absolute atomic E-state index is 13.4. The molecule has 0 fully saturated rings. The first-order chi connectivity index (χ1) is 9.56. The van der Waals surface area contributed by atoms with Crippen molar-refractivity contribution < 1.29 is 23.4 Å². The molecule has 6 heteroatoms. The van der Waals surface area contributed by atoms with E-state index in [0.29, 0.717) is 0 Å². The molecule has 0 aromatic heterocycles. The van der Waals surface area contributed by atoms with Gasteiger partial charge >= 0.3 is 0 Å². The van der Waals surface area contributed by atoms with Crippen molar-refractivity contribution in [3.8, 4) is 12.3 Å². The number of aliphatic hydroxyl groups excluding tert-OH is 1. The van der Waals surface area contributed by atoms with E-state index in [1.165, 1.54) is 6.07 Å². The number of benzene rings is 1. The van der Waals surface area contributed by atoms with Gasteiger partial charge in [0.2, 0.25) is 5.91 Å². The number of carbonyl (C=O) groups excluding carboxylic acids is 1. The van der Waals surface area contributed by atoms with Crippen molar-refractivity contribution in [2.75, 3.05) is 19.8 Å². The molecule has 2 N–H and O–H groups in total. The Balaban J connectivity index is 2.42. The molecule has 0 spiro atoms. The zero-order chi connectivity index (χ0) is 15.0. The summed E-state index contributed by atoms with van der Waals surface area (Å²) in [7, 11) is 0. The topological polar surface area (TPSA) is 58.6 Å². The Morgan fingerprint density at radius 1 is 1.45 bits per heavy atom. The molecule has 0 aliphatic carbocycles. The van der Waals surface area contributed by atoms with Crippen LogP contribution >= 0.6 is 0 Å². The zero-order valence-electron chi connectivity index (χ0n) is 10.7. The number of aliphatic hydroxyl groups is 1. The van der Waals surface area contributed by atoms with Crippen molar-refractivity contribution in [1.29, 1.82) is 0 Å². The van der Waals surface area contributed by atoms with Crippen molar-refractivity contribution in [1.82, 2.24) is 5.32 Å². The lowest BCUT2D eigenvalue weighted by atomic mass is 10.1. The summed E-state index contributed by atoms with van der Waals surface area (Å²) >= 11 is 0. The van der Waals surface area contributed by atoms with Gasteiger partial charge in [0.1, 0.15) is 24.3 Å². The number of terminal acetylenes is 1. The Morgan fingerprint density at radius 2 is 2.10 bits per heavy atom. The predicted molar refractivity (Wildman–Crippen MR) is 68.6 cm³/mol. The van der Waals surface area contributed by atoms with E-state index in [1.54, 1.807) is 0 Å². The van der Waals surface area contributed by atoms with E-state index in [2.05, 4.69) is 11.2 Å². The third-order valence-electron chi connectivity index (χ3n) is 2.48. The summed E-state index contributed by atoms with van der Waals surface area (Å²) in [6.45, 7) is -0.0393. The van der Waals surface area contributed by atoms with E-state index < -0.39 is 29.2 Å². The molecular formula is C14H15F2NO3. The van der Waals surface area contributed by atoms with E-state index in [1.807, 2.05) is 0 Å². The second-order valence-corrected chi connectivity index (χ2v) is 3.96. The maximum atomic E-state index is 13.4. The van der Waals surface area contributed by atoms with Crippen LogP contribution in [0.5, 0.6) is 0 Å². The average molecular weight is 283 g/mol. The van der Waals surface area contributed by atoms with Crippen LogP contribution in [0.25, 0.3) is 0 Å². The Kier molecular flexibility index (Phi) is 6.64. The van der Waals surface area contributed by atoms with E-state index >= 15 is 0 Å². The molecule has 20 heavy (non-hydrogen) atoms. The lowest BCUT2D eigenvalue weighted by Gasteiger charge is -2.13. The smallest absolute Gasteiger partial charge is 0.222 e. The average Bonchev–Trinajstić information content (AvgIpc) is 2.41. The van der Waals surface area contributed by atoms with Gasteiger partial charge in [0, 0.05) is 6.54 Å². The summed E-state index contributed by atoms with van der Waals surface area (Å²) < 4.78 is 31.6. The fourth-order valence-electron chi connectivity index (χ4n) is 1.53. The number of hydrogen-bond acceptors (Lipinski definition) is 3. The SMILES string of the molecule is C#CCOCCC(=O)NCC(O)c1c(F)cccc1F. The molecule has 1 aromatic carbocycles. The number of ether oxygens (including phenoxy) is 1. The third kappa shape index (κ3) is 4.96. The van der Waals surface area contributed by atoms with Crippen LogP contribution < -0.4 is 5.32 Å². The van der Waals surface area contributed by atoms with Crippen LogP contribution in [0.2, 0.25) is 0 Å². The number of rotatable bonds is 7.